The van der Waals surface area contributed by atoms with Crippen LogP contribution in [0.2, 0.25) is 5.02 Å². The van der Waals surface area contributed by atoms with Gasteiger partial charge in [-0.25, -0.2) is 0 Å². The van der Waals surface area contributed by atoms with Crippen LogP contribution in [0.25, 0.3) is 0 Å². The standard InChI is InChI=1S/C20H14BrClN2O3/c21-16-6-10-18(11-7-16)23(20(25)15-4-8-17(22)9-5-15)13-14-2-1-3-19(12-14)24(26)27/h1-12H,13H2. The maximum absolute atomic E-state index is 13.1. The number of anilines is 1. The molecule has 0 aliphatic carbocycles. The highest BCUT2D eigenvalue weighted by Gasteiger charge is 2.19. The summed E-state index contributed by atoms with van der Waals surface area (Å²) in [4.78, 5) is 25.3. The first kappa shape index (κ1) is 19.1. The third kappa shape index (κ3) is 4.72. The van der Waals surface area contributed by atoms with Crippen LogP contribution >= 0.6 is 27.5 Å². The SMILES string of the molecule is O=C(c1ccc(Cl)cc1)N(Cc1cccc([N+](=O)[O-])c1)c1ccc(Br)cc1. The highest BCUT2D eigenvalue weighted by atomic mass is 79.9. The molecule has 0 radical (unpaired) electrons. The van der Waals surface area contributed by atoms with Crippen molar-refractivity contribution in [1.29, 1.82) is 0 Å². The third-order valence-electron chi connectivity index (χ3n) is 3.94. The molecule has 0 fully saturated rings. The van der Waals surface area contributed by atoms with E-state index in [1.54, 1.807) is 41.3 Å². The molecule has 3 aromatic carbocycles. The molecule has 0 bridgehead atoms. The van der Waals surface area contributed by atoms with Crippen molar-refractivity contribution < 1.29 is 9.72 Å². The molecule has 1 amide bonds. The van der Waals surface area contributed by atoms with Gasteiger partial charge >= 0.3 is 0 Å². The van der Waals surface area contributed by atoms with Gasteiger partial charge in [0.25, 0.3) is 11.6 Å². The van der Waals surface area contributed by atoms with Gasteiger partial charge in [-0.1, -0.05) is 39.7 Å². The summed E-state index contributed by atoms with van der Waals surface area (Å²) in [6.45, 7) is 0.199. The van der Waals surface area contributed by atoms with E-state index in [0.717, 1.165) is 4.47 Å². The Morgan fingerprint density at radius 1 is 1.04 bits per heavy atom. The zero-order valence-corrected chi connectivity index (χ0v) is 16.4. The van der Waals surface area contributed by atoms with Crippen LogP contribution in [0.4, 0.5) is 11.4 Å². The quantitative estimate of drug-likeness (QED) is 0.365. The molecule has 27 heavy (non-hydrogen) atoms. The summed E-state index contributed by atoms with van der Waals surface area (Å²) in [5.41, 5.74) is 1.81. The molecule has 3 rings (SSSR count). The molecule has 0 heterocycles. The van der Waals surface area contributed by atoms with E-state index in [4.69, 9.17) is 11.6 Å². The number of amides is 1. The number of carbonyl (C=O) groups excluding carboxylic acids is 1. The summed E-state index contributed by atoms with van der Waals surface area (Å²) in [6, 6.07) is 20.2. The number of non-ortho nitro benzene ring substituents is 1. The maximum Gasteiger partial charge on any atom is 0.269 e. The topological polar surface area (TPSA) is 63.5 Å². The number of carbonyl (C=O) groups is 1. The minimum absolute atomic E-state index is 0.0119. The predicted molar refractivity (Wildman–Crippen MR) is 109 cm³/mol. The van der Waals surface area contributed by atoms with Crippen LogP contribution in [-0.2, 0) is 6.54 Å². The molecule has 5 nitrogen and oxygen atoms in total. The second kappa shape index (κ2) is 8.33. The van der Waals surface area contributed by atoms with Crippen LogP contribution in [0.5, 0.6) is 0 Å². The van der Waals surface area contributed by atoms with Gasteiger partial charge < -0.3 is 4.90 Å². The van der Waals surface area contributed by atoms with Crippen molar-refractivity contribution in [2.24, 2.45) is 0 Å². The first-order valence-corrected chi connectivity index (χ1v) is 9.17. The van der Waals surface area contributed by atoms with E-state index in [0.29, 0.717) is 21.8 Å². The van der Waals surface area contributed by atoms with Crippen molar-refractivity contribution in [1.82, 2.24) is 0 Å². The van der Waals surface area contributed by atoms with Gasteiger partial charge in [0.1, 0.15) is 0 Å². The van der Waals surface area contributed by atoms with Crippen molar-refractivity contribution in [2.75, 3.05) is 4.90 Å². The largest absolute Gasteiger partial charge is 0.304 e. The number of benzene rings is 3. The Labute approximate surface area is 169 Å². The average Bonchev–Trinajstić information content (AvgIpc) is 2.67. The summed E-state index contributed by atoms with van der Waals surface area (Å²) >= 11 is 9.30. The van der Waals surface area contributed by atoms with Gasteiger partial charge in [-0.2, -0.15) is 0 Å². The lowest BCUT2D eigenvalue weighted by Gasteiger charge is -2.23. The number of nitro benzene ring substituents is 1. The Bertz CT molecular complexity index is 975. The molecule has 0 unspecified atom stereocenters. The van der Waals surface area contributed by atoms with Crippen LogP contribution in [0.3, 0.4) is 0 Å². The average molecular weight is 446 g/mol. The molecule has 0 aliphatic heterocycles. The van der Waals surface area contributed by atoms with Gasteiger partial charge in [0.15, 0.2) is 0 Å². The molecular weight excluding hydrogens is 432 g/mol. The van der Waals surface area contributed by atoms with Crippen LogP contribution in [-0.4, -0.2) is 10.8 Å². The second-order valence-corrected chi connectivity index (χ2v) is 7.15. The molecule has 0 aliphatic rings. The van der Waals surface area contributed by atoms with E-state index < -0.39 is 4.92 Å². The van der Waals surface area contributed by atoms with Crippen molar-refractivity contribution in [3.05, 3.63) is 104 Å². The molecule has 7 heteroatoms. The first-order valence-electron chi connectivity index (χ1n) is 8.00. The van der Waals surface area contributed by atoms with Crippen molar-refractivity contribution in [3.8, 4) is 0 Å². The Balaban J connectivity index is 1.98. The third-order valence-corrected chi connectivity index (χ3v) is 4.72. The smallest absolute Gasteiger partial charge is 0.269 e. The summed E-state index contributed by atoms with van der Waals surface area (Å²) in [5, 5.41) is 11.6. The van der Waals surface area contributed by atoms with Crippen molar-refractivity contribution in [2.45, 2.75) is 6.54 Å². The monoisotopic (exact) mass is 444 g/mol. The Hall–Kier alpha value is -2.70. The van der Waals surface area contributed by atoms with Gasteiger partial charge in [-0.15, -0.1) is 0 Å². The fourth-order valence-corrected chi connectivity index (χ4v) is 2.99. The van der Waals surface area contributed by atoms with Gasteiger partial charge in [0, 0.05) is 32.9 Å². The number of hydrogen-bond donors (Lipinski definition) is 0. The molecule has 136 valence electrons. The fourth-order valence-electron chi connectivity index (χ4n) is 2.60. The molecule has 0 saturated heterocycles. The lowest BCUT2D eigenvalue weighted by Crippen LogP contribution is -2.30. The van der Waals surface area contributed by atoms with E-state index in [9.17, 15) is 14.9 Å². The molecule has 0 aromatic heterocycles. The number of hydrogen-bond acceptors (Lipinski definition) is 3. The molecule has 3 aromatic rings. The summed E-state index contributed by atoms with van der Waals surface area (Å²) in [6.07, 6.45) is 0. The number of rotatable bonds is 5. The minimum atomic E-state index is -0.450. The van der Waals surface area contributed by atoms with E-state index in [-0.39, 0.29) is 18.1 Å². The predicted octanol–water partition coefficient (Wildman–Crippen LogP) is 5.86. The highest BCUT2D eigenvalue weighted by Crippen LogP contribution is 2.24. The van der Waals surface area contributed by atoms with Crippen LogP contribution in [0.15, 0.2) is 77.3 Å². The lowest BCUT2D eigenvalue weighted by atomic mass is 10.1. The van der Waals surface area contributed by atoms with Crippen LogP contribution < -0.4 is 4.90 Å². The minimum Gasteiger partial charge on any atom is -0.304 e. The molecule has 0 N–H and O–H groups in total. The number of nitrogens with zero attached hydrogens (tertiary/aromatic N) is 2. The zero-order chi connectivity index (χ0) is 19.4. The van der Waals surface area contributed by atoms with Crippen LogP contribution in [0.1, 0.15) is 15.9 Å². The molecule has 0 atom stereocenters. The van der Waals surface area contributed by atoms with E-state index >= 15 is 0 Å². The molecular formula is C20H14BrClN2O3. The summed E-state index contributed by atoms with van der Waals surface area (Å²) < 4.78 is 0.889. The van der Waals surface area contributed by atoms with Gasteiger partial charge in [-0.3, -0.25) is 14.9 Å². The van der Waals surface area contributed by atoms with Crippen molar-refractivity contribution in [3.63, 3.8) is 0 Å². The Morgan fingerprint density at radius 2 is 1.70 bits per heavy atom. The first-order chi connectivity index (χ1) is 12.9. The van der Waals surface area contributed by atoms with E-state index in [1.807, 2.05) is 24.3 Å². The Morgan fingerprint density at radius 3 is 2.33 bits per heavy atom. The van der Waals surface area contributed by atoms with Gasteiger partial charge in [0.05, 0.1) is 11.5 Å². The second-order valence-electron chi connectivity index (χ2n) is 5.80. The van der Waals surface area contributed by atoms with E-state index in [1.165, 1.54) is 12.1 Å². The number of nitro groups is 1. The van der Waals surface area contributed by atoms with Crippen LogP contribution in [0, 0.1) is 10.1 Å². The molecule has 0 spiro atoms. The normalized spacial score (nSPS) is 10.4. The molecule has 0 saturated carbocycles. The highest BCUT2D eigenvalue weighted by molar-refractivity contribution is 9.10. The zero-order valence-electron chi connectivity index (χ0n) is 14.0. The lowest BCUT2D eigenvalue weighted by molar-refractivity contribution is -0.384. The Kier molecular flexibility index (Phi) is 5.88. The van der Waals surface area contributed by atoms with Gasteiger partial charge in [0.2, 0.25) is 0 Å². The maximum atomic E-state index is 13.1. The fraction of sp³-hybridized carbons (Fsp3) is 0.0500. The number of halogens is 2. The summed E-state index contributed by atoms with van der Waals surface area (Å²) in [7, 11) is 0. The van der Waals surface area contributed by atoms with E-state index in [2.05, 4.69) is 15.9 Å². The van der Waals surface area contributed by atoms with Crippen molar-refractivity contribution >= 4 is 44.8 Å². The summed E-state index contributed by atoms with van der Waals surface area (Å²) in [5.74, 6) is -0.222. The van der Waals surface area contributed by atoms with Gasteiger partial charge in [-0.05, 0) is 54.1 Å².